The quantitative estimate of drug-likeness (QED) is 0.843. The molecule has 1 aliphatic heterocycles. The van der Waals surface area contributed by atoms with Gasteiger partial charge in [-0.1, -0.05) is 29.8 Å². The first-order valence-electron chi connectivity index (χ1n) is 8.40. The van der Waals surface area contributed by atoms with E-state index in [4.69, 9.17) is 11.6 Å². The van der Waals surface area contributed by atoms with Gasteiger partial charge in [-0.05, 0) is 57.5 Å². The summed E-state index contributed by atoms with van der Waals surface area (Å²) in [5.41, 5.74) is 1.89. The smallest absolute Gasteiger partial charge is 0.252 e. The van der Waals surface area contributed by atoms with E-state index in [2.05, 4.69) is 16.3 Å². The van der Waals surface area contributed by atoms with Crippen LogP contribution in [0.1, 0.15) is 44.6 Å². The van der Waals surface area contributed by atoms with E-state index in [1.54, 1.807) is 11.3 Å². The summed E-state index contributed by atoms with van der Waals surface area (Å²) < 4.78 is 0. The van der Waals surface area contributed by atoms with Crippen LogP contribution in [0.5, 0.6) is 0 Å². The highest BCUT2D eigenvalue weighted by atomic mass is 35.5. The van der Waals surface area contributed by atoms with Crippen LogP contribution in [0, 0.1) is 13.8 Å². The third kappa shape index (κ3) is 3.82. The third-order valence-corrected chi connectivity index (χ3v) is 5.90. The molecule has 2 aromatic rings. The lowest BCUT2D eigenvalue weighted by molar-refractivity contribution is 0.0938. The van der Waals surface area contributed by atoms with Gasteiger partial charge in [0.1, 0.15) is 0 Å². The van der Waals surface area contributed by atoms with Crippen LogP contribution in [0.15, 0.2) is 30.3 Å². The molecule has 5 heteroatoms. The van der Waals surface area contributed by atoms with Gasteiger partial charge in [0.05, 0.1) is 11.6 Å². The highest BCUT2D eigenvalue weighted by Crippen LogP contribution is 2.30. The third-order valence-electron chi connectivity index (χ3n) is 4.59. The molecule has 1 atom stereocenters. The normalized spacial score (nSPS) is 16.3. The van der Waals surface area contributed by atoms with Crippen molar-refractivity contribution in [1.29, 1.82) is 0 Å². The molecule has 3 nitrogen and oxygen atoms in total. The number of aryl methyl sites for hydroxylation is 2. The van der Waals surface area contributed by atoms with Crippen molar-refractivity contribution in [1.82, 2.24) is 10.2 Å². The summed E-state index contributed by atoms with van der Waals surface area (Å²) in [5.74, 6) is 0.00750. The number of halogens is 1. The molecule has 1 fully saturated rings. The first kappa shape index (κ1) is 17.5. The van der Waals surface area contributed by atoms with E-state index in [1.807, 2.05) is 38.1 Å². The van der Waals surface area contributed by atoms with Gasteiger partial charge in [0.25, 0.3) is 5.91 Å². The van der Waals surface area contributed by atoms with E-state index in [0.717, 1.165) is 34.1 Å². The molecule has 2 heterocycles. The van der Waals surface area contributed by atoms with Crippen LogP contribution in [0.3, 0.4) is 0 Å². The number of benzene rings is 1. The van der Waals surface area contributed by atoms with Crippen molar-refractivity contribution >= 4 is 28.8 Å². The predicted octanol–water partition coefficient (Wildman–Crippen LogP) is 4.59. The Morgan fingerprint density at radius 1 is 1.29 bits per heavy atom. The Kier molecular flexibility index (Phi) is 5.59. The second-order valence-corrected chi connectivity index (χ2v) is 8.18. The maximum atomic E-state index is 12.6. The summed E-state index contributed by atoms with van der Waals surface area (Å²) >= 11 is 8.08. The Morgan fingerprint density at radius 2 is 2.00 bits per heavy atom. The van der Waals surface area contributed by atoms with Crippen LogP contribution in [0.25, 0.3) is 0 Å². The van der Waals surface area contributed by atoms with Crippen molar-refractivity contribution in [2.45, 2.75) is 32.7 Å². The van der Waals surface area contributed by atoms with E-state index >= 15 is 0 Å². The summed E-state index contributed by atoms with van der Waals surface area (Å²) in [7, 11) is 0. The molecular formula is C19H23ClN2OS. The Bertz CT molecular complexity index is 722. The lowest BCUT2D eigenvalue weighted by Gasteiger charge is -2.29. The Hall–Kier alpha value is -1.36. The highest BCUT2D eigenvalue weighted by Gasteiger charge is 2.26. The zero-order valence-electron chi connectivity index (χ0n) is 14.1. The Morgan fingerprint density at radius 3 is 2.62 bits per heavy atom. The minimum Gasteiger partial charge on any atom is -0.350 e. The largest absolute Gasteiger partial charge is 0.350 e. The fraction of sp³-hybridized carbons (Fsp3) is 0.421. The van der Waals surface area contributed by atoms with Gasteiger partial charge in [-0.3, -0.25) is 9.69 Å². The van der Waals surface area contributed by atoms with Crippen LogP contribution < -0.4 is 5.32 Å². The molecule has 0 radical (unpaired) electrons. The van der Waals surface area contributed by atoms with Crippen molar-refractivity contribution in [3.63, 3.8) is 0 Å². The summed E-state index contributed by atoms with van der Waals surface area (Å²) in [6.45, 7) is 6.73. The number of carbonyl (C=O) groups excluding carboxylic acids is 1. The van der Waals surface area contributed by atoms with Crippen molar-refractivity contribution in [3.05, 3.63) is 56.2 Å². The summed E-state index contributed by atoms with van der Waals surface area (Å²) in [4.78, 5) is 17.2. The molecule has 0 aliphatic carbocycles. The molecule has 0 bridgehead atoms. The minimum atomic E-state index is 0.00750. The second kappa shape index (κ2) is 7.68. The summed E-state index contributed by atoms with van der Waals surface area (Å²) in [6, 6.07) is 10.0. The molecule has 1 N–H and O–H groups in total. The van der Waals surface area contributed by atoms with E-state index in [0.29, 0.717) is 6.54 Å². The summed E-state index contributed by atoms with van der Waals surface area (Å²) in [5, 5.41) is 3.89. The number of thiophene rings is 1. The van der Waals surface area contributed by atoms with E-state index < -0.39 is 0 Å². The fourth-order valence-electron chi connectivity index (χ4n) is 3.38. The number of nitrogens with zero attached hydrogens (tertiary/aromatic N) is 1. The zero-order chi connectivity index (χ0) is 17.1. The molecule has 1 aromatic heterocycles. The zero-order valence-corrected chi connectivity index (χ0v) is 15.7. The topological polar surface area (TPSA) is 32.3 Å². The number of likely N-dealkylation sites (tertiary alicyclic amines) is 1. The van der Waals surface area contributed by atoms with Crippen LogP contribution in [0.4, 0.5) is 0 Å². The second-order valence-electron chi connectivity index (χ2n) is 6.32. The average molecular weight is 363 g/mol. The van der Waals surface area contributed by atoms with E-state index in [1.165, 1.54) is 17.7 Å². The van der Waals surface area contributed by atoms with Crippen LogP contribution in [-0.2, 0) is 0 Å². The molecule has 0 saturated carbocycles. The molecule has 1 amide bonds. The standard InChI is InChI=1S/C19H23ClN2OS/c1-13-11-16(14(2)24-13)19(23)21-12-18(22-9-5-6-10-22)15-7-3-4-8-17(15)20/h3-4,7-8,11,18H,5-6,9-10,12H2,1-2H3,(H,21,23). The molecule has 1 saturated heterocycles. The van der Waals surface area contributed by atoms with Crippen molar-refractivity contribution in [2.24, 2.45) is 0 Å². The van der Waals surface area contributed by atoms with Gasteiger partial charge in [0.15, 0.2) is 0 Å². The number of hydrogen-bond donors (Lipinski definition) is 1. The Labute approximate surface area is 152 Å². The number of carbonyl (C=O) groups is 1. The van der Waals surface area contributed by atoms with Gasteiger partial charge in [0.2, 0.25) is 0 Å². The summed E-state index contributed by atoms with van der Waals surface area (Å²) in [6.07, 6.45) is 2.41. The van der Waals surface area contributed by atoms with Gasteiger partial charge >= 0.3 is 0 Å². The van der Waals surface area contributed by atoms with Crippen molar-refractivity contribution < 1.29 is 4.79 Å². The SMILES string of the molecule is Cc1cc(C(=O)NCC(c2ccccc2Cl)N2CCCC2)c(C)s1. The molecule has 24 heavy (non-hydrogen) atoms. The Balaban J connectivity index is 1.76. The molecular weight excluding hydrogens is 340 g/mol. The van der Waals surface area contributed by atoms with Gasteiger partial charge in [0, 0.05) is 21.3 Å². The van der Waals surface area contributed by atoms with Crippen molar-refractivity contribution in [2.75, 3.05) is 19.6 Å². The van der Waals surface area contributed by atoms with Crippen molar-refractivity contribution in [3.8, 4) is 0 Å². The van der Waals surface area contributed by atoms with Gasteiger partial charge in [-0.2, -0.15) is 0 Å². The fourth-order valence-corrected chi connectivity index (χ4v) is 4.56. The van der Waals surface area contributed by atoms with E-state index in [-0.39, 0.29) is 11.9 Å². The molecule has 1 aliphatic rings. The maximum absolute atomic E-state index is 12.6. The first-order valence-corrected chi connectivity index (χ1v) is 9.59. The number of amides is 1. The maximum Gasteiger partial charge on any atom is 0.252 e. The number of hydrogen-bond acceptors (Lipinski definition) is 3. The molecule has 128 valence electrons. The first-order chi connectivity index (χ1) is 11.6. The molecule has 0 spiro atoms. The molecule has 1 unspecified atom stereocenters. The van der Waals surface area contributed by atoms with Crippen LogP contribution >= 0.6 is 22.9 Å². The van der Waals surface area contributed by atoms with Crippen LogP contribution in [0.2, 0.25) is 5.02 Å². The van der Waals surface area contributed by atoms with Crippen LogP contribution in [-0.4, -0.2) is 30.4 Å². The predicted molar refractivity (Wildman–Crippen MR) is 101 cm³/mol. The molecule has 1 aromatic carbocycles. The lowest BCUT2D eigenvalue weighted by atomic mass is 10.1. The van der Waals surface area contributed by atoms with E-state index in [9.17, 15) is 4.79 Å². The monoisotopic (exact) mass is 362 g/mol. The minimum absolute atomic E-state index is 0.00750. The number of nitrogens with one attached hydrogen (secondary N) is 1. The van der Waals surface area contributed by atoms with Gasteiger partial charge < -0.3 is 5.32 Å². The number of rotatable bonds is 5. The van der Waals surface area contributed by atoms with Gasteiger partial charge in [-0.15, -0.1) is 11.3 Å². The lowest BCUT2D eigenvalue weighted by Crippen LogP contribution is -2.37. The molecule has 3 rings (SSSR count). The average Bonchev–Trinajstić information content (AvgIpc) is 3.19. The van der Waals surface area contributed by atoms with Gasteiger partial charge in [-0.25, -0.2) is 0 Å². The highest BCUT2D eigenvalue weighted by molar-refractivity contribution is 7.12.